The van der Waals surface area contributed by atoms with Crippen LogP contribution in [-0.2, 0) is 9.59 Å². The van der Waals surface area contributed by atoms with Crippen molar-refractivity contribution < 1.29 is 9.59 Å². The van der Waals surface area contributed by atoms with Crippen LogP contribution in [-0.4, -0.2) is 36.2 Å². The molecule has 0 spiro atoms. The molecule has 0 aromatic heterocycles. The highest BCUT2D eigenvalue weighted by Gasteiger charge is 2.23. The minimum absolute atomic E-state index is 0.105. The summed E-state index contributed by atoms with van der Waals surface area (Å²) in [6.07, 6.45) is 1.93. The second-order valence-electron chi connectivity index (χ2n) is 3.65. The zero-order valence-corrected chi connectivity index (χ0v) is 7.95. The Kier molecular flexibility index (Phi) is 3.42. The third-order valence-corrected chi connectivity index (χ3v) is 2.46. The molecule has 1 atom stereocenters. The van der Waals surface area contributed by atoms with E-state index in [1.165, 1.54) is 0 Å². The van der Waals surface area contributed by atoms with Gasteiger partial charge in [0.2, 0.25) is 5.91 Å². The van der Waals surface area contributed by atoms with Gasteiger partial charge >= 0.3 is 0 Å². The smallest absolute Gasteiger partial charge is 0.231 e. The quantitative estimate of drug-likeness (QED) is 0.659. The molecule has 0 aliphatic carbocycles. The highest BCUT2D eigenvalue weighted by molar-refractivity contribution is 5.79. The van der Waals surface area contributed by atoms with Gasteiger partial charge in [0, 0.05) is 12.5 Å². The number of piperidine rings is 1. The third-order valence-electron chi connectivity index (χ3n) is 2.46. The number of ketones is 1. The van der Waals surface area contributed by atoms with Crippen LogP contribution in [0, 0.1) is 5.92 Å². The number of nitrogens with zero attached hydrogens (tertiary/aromatic N) is 1. The van der Waals surface area contributed by atoms with Crippen LogP contribution in [0.2, 0.25) is 0 Å². The lowest BCUT2D eigenvalue weighted by Crippen LogP contribution is -2.42. The van der Waals surface area contributed by atoms with Crippen molar-refractivity contribution in [3.05, 3.63) is 0 Å². The fraction of sp³-hybridized carbons (Fsp3) is 0.778. The molecular weight excluding hydrogens is 168 g/mol. The van der Waals surface area contributed by atoms with E-state index in [0.29, 0.717) is 6.54 Å². The maximum absolute atomic E-state index is 11.1. The molecule has 1 saturated heterocycles. The number of rotatable bonds is 3. The van der Waals surface area contributed by atoms with Gasteiger partial charge in [-0.05, 0) is 26.3 Å². The molecule has 0 aromatic rings. The standard InChI is InChI=1S/C9H16N2O2/c1-7(12)8-3-2-4-11(5-8)6-9(10)13/h8H,2-6H2,1H3,(H2,10,13). The Morgan fingerprint density at radius 1 is 1.54 bits per heavy atom. The minimum Gasteiger partial charge on any atom is -0.369 e. The summed E-state index contributed by atoms with van der Waals surface area (Å²) < 4.78 is 0. The monoisotopic (exact) mass is 184 g/mol. The van der Waals surface area contributed by atoms with Gasteiger partial charge in [0.1, 0.15) is 5.78 Å². The molecular formula is C9H16N2O2. The lowest BCUT2D eigenvalue weighted by Gasteiger charge is -2.30. The molecule has 0 bridgehead atoms. The van der Waals surface area contributed by atoms with E-state index in [4.69, 9.17) is 5.73 Å². The van der Waals surface area contributed by atoms with E-state index in [-0.39, 0.29) is 24.2 Å². The first-order chi connectivity index (χ1) is 6.09. The summed E-state index contributed by atoms with van der Waals surface area (Å²) in [6.45, 7) is 3.47. The van der Waals surface area contributed by atoms with E-state index in [1.807, 2.05) is 4.90 Å². The van der Waals surface area contributed by atoms with Crippen LogP contribution in [0.4, 0.5) is 0 Å². The summed E-state index contributed by atoms with van der Waals surface area (Å²) in [7, 11) is 0. The maximum Gasteiger partial charge on any atom is 0.231 e. The van der Waals surface area contributed by atoms with Crippen LogP contribution in [0.3, 0.4) is 0 Å². The Morgan fingerprint density at radius 3 is 2.77 bits per heavy atom. The Balaban J connectivity index is 2.41. The molecule has 1 aliphatic rings. The Labute approximate surface area is 78.1 Å². The lowest BCUT2D eigenvalue weighted by molar-refractivity contribution is -0.124. The fourth-order valence-electron chi connectivity index (χ4n) is 1.75. The van der Waals surface area contributed by atoms with Gasteiger partial charge in [-0.15, -0.1) is 0 Å². The molecule has 1 aliphatic heterocycles. The van der Waals surface area contributed by atoms with Crippen molar-refractivity contribution in [2.75, 3.05) is 19.6 Å². The molecule has 1 amide bonds. The molecule has 13 heavy (non-hydrogen) atoms. The summed E-state index contributed by atoms with van der Waals surface area (Å²) in [5.41, 5.74) is 5.08. The zero-order chi connectivity index (χ0) is 9.84. The molecule has 0 saturated carbocycles. The van der Waals surface area contributed by atoms with Crippen molar-refractivity contribution >= 4 is 11.7 Å². The second kappa shape index (κ2) is 4.37. The zero-order valence-electron chi connectivity index (χ0n) is 7.95. The molecule has 1 unspecified atom stereocenters. The summed E-state index contributed by atoms with van der Waals surface area (Å²) in [4.78, 5) is 23.7. The number of likely N-dealkylation sites (tertiary alicyclic amines) is 1. The summed E-state index contributed by atoms with van der Waals surface area (Å²) in [5.74, 6) is 0.00599. The van der Waals surface area contributed by atoms with Crippen LogP contribution in [0.5, 0.6) is 0 Å². The second-order valence-corrected chi connectivity index (χ2v) is 3.65. The molecule has 0 radical (unpaired) electrons. The van der Waals surface area contributed by atoms with Crippen molar-refractivity contribution in [2.45, 2.75) is 19.8 Å². The molecule has 1 rings (SSSR count). The van der Waals surface area contributed by atoms with E-state index < -0.39 is 0 Å². The molecule has 0 aromatic carbocycles. The number of primary amides is 1. The van der Waals surface area contributed by atoms with Gasteiger partial charge in [0.05, 0.1) is 6.54 Å². The van der Waals surface area contributed by atoms with E-state index in [2.05, 4.69) is 0 Å². The first-order valence-electron chi connectivity index (χ1n) is 4.60. The van der Waals surface area contributed by atoms with Crippen molar-refractivity contribution in [3.8, 4) is 0 Å². The maximum atomic E-state index is 11.1. The molecule has 4 heteroatoms. The topological polar surface area (TPSA) is 63.4 Å². The van der Waals surface area contributed by atoms with Gasteiger partial charge < -0.3 is 5.73 Å². The van der Waals surface area contributed by atoms with Crippen LogP contribution < -0.4 is 5.73 Å². The van der Waals surface area contributed by atoms with Crippen molar-refractivity contribution in [2.24, 2.45) is 11.7 Å². The van der Waals surface area contributed by atoms with Crippen LogP contribution in [0.1, 0.15) is 19.8 Å². The average Bonchev–Trinajstić information content (AvgIpc) is 2.03. The average molecular weight is 184 g/mol. The normalized spacial score (nSPS) is 24.2. The van der Waals surface area contributed by atoms with Gasteiger partial charge in [0.15, 0.2) is 0 Å². The summed E-state index contributed by atoms with van der Waals surface area (Å²) in [5, 5.41) is 0. The Bertz CT molecular complexity index is 216. The molecule has 74 valence electrons. The third kappa shape index (κ3) is 3.14. The van der Waals surface area contributed by atoms with E-state index in [1.54, 1.807) is 6.92 Å². The van der Waals surface area contributed by atoms with Gasteiger partial charge in [-0.2, -0.15) is 0 Å². The van der Waals surface area contributed by atoms with Crippen molar-refractivity contribution in [1.82, 2.24) is 4.90 Å². The van der Waals surface area contributed by atoms with Crippen molar-refractivity contribution in [1.29, 1.82) is 0 Å². The minimum atomic E-state index is -0.316. The van der Waals surface area contributed by atoms with E-state index >= 15 is 0 Å². The number of carbonyl (C=O) groups is 2. The predicted molar refractivity (Wildman–Crippen MR) is 49.0 cm³/mol. The summed E-state index contributed by atoms with van der Waals surface area (Å²) in [6, 6.07) is 0. The molecule has 2 N–H and O–H groups in total. The highest BCUT2D eigenvalue weighted by atomic mass is 16.1. The van der Waals surface area contributed by atoms with Gasteiger partial charge in [0.25, 0.3) is 0 Å². The first-order valence-corrected chi connectivity index (χ1v) is 4.60. The molecule has 1 heterocycles. The van der Waals surface area contributed by atoms with Crippen LogP contribution >= 0.6 is 0 Å². The predicted octanol–water partition coefficient (Wildman–Crippen LogP) is -0.227. The highest BCUT2D eigenvalue weighted by Crippen LogP contribution is 2.16. The van der Waals surface area contributed by atoms with E-state index in [0.717, 1.165) is 19.4 Å². The van der Waals surface area contributed by atoms with Crippen LogP contribution in [0.15, 0.2) is 0 Å². The number of nitrogens with two attached hydrogens (primary N) is 1. The number of hydrogen-bond acceptors (Lipinski definition) is 3. The summed E-state index contributed by atoms with van der Waals surface area (Å²) >= 11 is 0. The molecule has 1 fully saturated rings. The number of Topliss-reactive ketones (excluding diaryl/α,β-unsaturated/α-hetero) is 1. The Hall–Kier alpha value is -0.900. The largest absolute Gasteiger partial charge is 0.369 e. The van der Waals surface area contributed by atoms with Gasteiger partial charge in [-0.25, -0.2) is 0 Å². The lowest BCUT2D eigenvalue weighted by atomic mass is 9.95. The van der Waals surface area contributed by atoms with Gasteiger partial charge in [-0.3, -0.25) is 14.5 Å². The molecule has 4 nitrogen and oxygen atoms in total. The number of amides is 1. The van der Waals surface area contributed by atoms with Crippen molar-refractivity contribution in [3.63, 3.8) is 0 Å². The SMILES string of the molecule is CC(=O)C1CCCN(CC(N)=O)C1. The van der Waals surface area contributed by atoms with E-state index in [9.17, 15) is 9.59 Å². The first kappa shape index (κ1) is 10.2. The fourth-order valence-corrected chi connectivity index (χ4v) is 1.75. The van der Waals surface area contributed by atoms with Gasteiger partial charge in [-0.1, -0.05) is 0 Å². The number of hydrogen-bond donors (Lipinski definition) is 1. The Morgan fingerprint density at radius 2 is 2.23 bits per heavy atom. The van der Waals surface area contributed by atoms with Crippen LogP contribution in [0.25, 0.3) is 0 Å². The number of carbonyl (C=O) groups excluding carboxylic acids is 2.